The van der Waals surface area contributed by atoms with E-state index >= 15 is 0 Å². The van der Waals surface area contributed by atoms with Crippen LogP contribution >= 0.6 is 11.6 Å². The molecule has 1 N–H and O–H groups in total. The Morgan fingerprint density at radius 1 is 1.47 bits per heavy atom. The third-order valence-corrected chi connectivity index (χ3v) is 2.72. The zero-order chi connectivity index (χ0) is 13.7. The maximum Gasteiger partial charge on any atom is 0.124 e. The Balaban J connectivity index is 2.30. The van der Waals surface area contributed by atoms with Crippen molar-refractivity contribution in [3.63, 3.8) is 0 Å². The zero-order valence-electron chi connectivity index (χ0n) is 10.4. The van der Waals surface area contributed by atoms with Crippen LogP contribution in [0.15, 0.2) is 30.6 Å². The van der Waals surface area contributed by atoms with E-state index in [4.69, 9.17) is 21.4 Å². The van der Waals surface area contributed by atoms with Crippen molar-refractivity contribution in [1.29, 1.82) is 0 Å². The highest BCUT2D eigenvalue weighted by molar-refractivity contribution is 6.30. The third kappa shape index (κ3) is 3.50. The van der Waals surface area contributed by atoms with E-state index in [0.29, 0.717) is 11.6 Å². The minimum Gasteiger partial charge on any atom is -0.496 e. The number of hydrogen-bond acceptors (Lipinski definition) is 3. The molecule has 0 unspecified atom stereocenters. The average Bonchev–Trinajstić information content (AvgIpc) is 2.82. The molecule has 0 saturated carbocycles. The van der Waals surface area contributed by atoms with Gasteiger partial charge in [-0.3, -0.25) is 4.68 Å². The largest absolute Gasteiger partial charge is 0.496 e. The van der Waals surface area contributed by atoms with Gasteiger partial charge in [-0.25, -0.2) is 0 Å². The number of halogens is 1. The SMILES string of the molecule is COc1ccc(C#CCO)cc1Cn1cc(Cl)cn1. The Labute approximate surface area is 116 Å². The summed E-state index contributed by atoms with van der Waals surface area (Å²) in [5, 5.41) is 13.4. The minimum atomic E-state index is -0.157. The van der Waals surface area contributed by atoms with Crippen LogP contribution in [0.25, 0.3) is 0 Å². The molecular weight excluding hydrogens is 264 g/mol. The number of nitrogens with zero attached hydrogens (tertiary/aromatic N) is 2. The maximum absolute atomic E-state index is 8.71. The summed E-state index contributed by atoms with van der Waals surface area (Å²) in [7, 11) is 1.62. The van der Waals surface area contributed by atoms with Gasteiger partial charge >= 0.3 is 0 Å². The topological polar surface area (TPSA) is 47.3 Å². The molecule has 0 fully saturated rings. The van der Waals surface area contributed by atoms with Crippen LogP contribution in [-0.4, -0.2) is 28.6 Å². The molecule has 0 bridgehead atoms. The van der Waals surface area contributed by atoms with Crippen molar-refractivity contribution in [2.75, 3.05) is 13.7 Å². The normalized spacial score (nSPS) is 9.84. The molecule has 0 spiro atoms. The molecule has 19 heavy (non-hydrogen) atoms. The summed E-state index contributed by atoms with van der Waals surface area (Å²) in [5.74, 6) is 6.25. The average molecular weight is 277 g/mol. The molecule has 1 heterocycles. The number of benzene rings is 1. The summed E-state index contributed by atoms with van der Waals surface area (Å²) in [6.45, 7) is 0.390. The molecule has 1 aromatic heterocycles. The van der Waals surface area contributed by atoms with Gasteiger partial charge in [0.1, 0.15) is 12.4 Å². The fourth-order valence-electron chi connectivity index (χ4n) is 1.72. The first-order valence-corrected chi connectivity index (χ1v) is 6.05. The fourth-order valence-corrected chi connectivity index (χ4v) is 1.88. The summed E-state index contributed by atoms with van der Waals surface area (Å²) >= 11 is 5.84. The van der Waals surface area contributed by atoms with Gasteiger partial charge in [-0.1, -0.05) is 23.4 Å². The smallest absolute Gasteiger partial charge is 0.124 e. The lowest BCUT2D eigenvalue weighted by Crippen LogP contribution is -2.02. The van der Waals surface area contributed by atoms with Gasteiger partial charge in [-0.2, -0.15) is 5.10 Å². The van der Waals surface area contributed by atoms with E-state index in [-0.39, 0.29) is 6.61 Å². The van der Waals surface area contributed by atoms with Gasteiger partial charge in [-0.05, 0) is 18.2 Å². The number of ether oxygens (including phenoxy) is 1. The first-order chi connectivity index (χ1) is 9.22. The number of methoxy groups -OCH3 is 1. The van der Waals surface area contributed by atoms with Crippen molar-refractivity contribution in [3.05, 3.63) is 46.7 Å². The first-order valence-electron chi connectivity index (χ1n) is 5.67. The van der Waals surface area contributed by atoms with Crippen LogP contribution in [0.1, 0.15) is 11.1 Å². The number of aliphatic hydroxyl groups excluding tert-OH is 1. The molecular formula is C14H13ClN2O2. The van der Waals surface area contributed by atoms with Crippen molar-refractivity contribution in [1.82, 2.24) is 9.78 Å². The standard InChI is InChI=1S/C14H13ClN2O2/c1-19-14-5-4-11(3-2-6-18)7-12(14)9-17-10-13(15)8-16-17/h4-5,7-8,10,18H,6,9H2,1H3. The summed E-state index contributed by atoms with van der Waals surface area (Å²) in [6.07, 6.45) is 3.33. The summed E-state index contributed by atoms with van der Waals surface area (Å²) < 4.78 is 7.04. The zero-order valence-corrected chi connectivity index (χ0v) is 11.2. The van der Waals surface area contributed by atoms with E-state index in [1.54, 1.807) is 24.2 Å². The Kier molecular flexibility index (Phi) is 4.45. The highest BCUT2D eigenvalue weighted by Crippen LogP contribution is 2.21. The molecule has 4 nitrogen and oxygen atoms in total. The van der Waals surface area contributed by atoms with E-state index in [9.17, 15) is 0 Å². The van der Waals surface area contributed by atoms with Crippen LogP contribution < -0.4 is 4.74 Å². The van der Waals surface area contributed by atoms with Gasteiger partial charge in [-0.15, -0.1) is 0 Å². The molecule has 0 amide bonds. The molecule has 0 radical (unpaired) electrons. The van der Waals surface area contributed by atoms with Gasteiger partial charge in [0.05, 0.1) is 24.9 Å². The van der Waals surface area contributed by atoms with Crippen molar-refractivity contribution in [2.24, 2.45) is 0 Å². The van der Waals surface area contributed by atoms with Crippen LogP contribution in [0, 0.1) is 11.8 Å². The minimum absolute atomic E-state index is 0.157. The second-order valence-electron chi connectivity index (χ2n) is 3.84. The van der Waals surface area contributed by atoms with E-state index in [1.165, 1.54) is 0 Å². The second kappa shape index (κ2) is 6.28. The van der Waals surface area contributed by atoms with E-state index in [1.807, 2.05) is 18.2 Å². The van der Waals surface area contributed by atoms with Crippen molar-refractivity contribution < 1.29 is 9.84 Å². The van der Waals surface area contributed by atoms with Crippen LogP contribution in [0.3, 0.4) is 0 Å². The summed E-state index contributed by atoms with van der Waals surface area (Å²) in [6, 6.07) is 5.61. The van der Waals surface area contributed by atoms with Gasteiger partial charge < -0.3 is 9.84 Å². The number of rotatable bonds is 3. The van der Waals surface area contributed by atoms with Gasteiger partial charge in [0.2, 0.25) is 0 Å². The van der Waals surface area contributed by atoms with Gasteiger partial charge in [0.25, 0.3) is 0 Å². The molecule has 1 aromatic carbocycles. The Morgan fingerprint density at radius 3 is 2.95 bits per heavy atom. The molecule has 2 rings (SSSR count). The molecule has 0 atom stereocenters. The monoisotopic (exact) mass is 276 g/mol. The van der Waals surface area contributed by atoms with Gasteiger partial charge in [0.15, 0.2) is 0 Å². The number of aliphatic hydroxyl groups is 1. The fraction of sp³-hybridized carbons (Fsp3) is 0.214. The van der Waals surface area contributed by atoms with Crippen molar-refractivity contribution in [3.8, 4) is 17.6 Å². The predicted octanol–water partition coefficient (Wildman–Crippen LogP) is 1.94. The lowest BCUT2D eigenvalue weighted by molar-refractivity contribution is 0.350. The molecule has 0 saturated heterocycles. The van der Waals surface area contributed by atoms with Crippen molar-refractivity contribution in [2.45, 2.75) is 6.54 Å². The molecule has 0 aliphatic rings. The quantitative estimate of drug-likeness (QED) is 0.872. The Hall–Kier alpha value is -1.96. The lowest BCUT2D eigenvalue weighted by atomic mass is 10.1. The number of hydrogen-bond donors (Lipinski definition) is 1. The maximum atomic E-state index is 8.71. The van der Waals surface area contributed by atoms with Gasteiger partial charge in [0, 0.05) is 17.3 Å². The van der Waals surface area contributed by atoms with E-state index in [2.05, 4.69) is 16.9 Å². The summed E-state index contributed by atoms with van der Waals surface area (Å²) in [4.78, 5) is 0. The van der Waals surface area contributed by atoms with Crippen molar-refractivity contribution >= 4 is 11.6 Å². The molecule has 0 aliphatic carbocycles. The molecule has 2 aromatic rings. The third-order valence-electron chi connectivity index (χ3n) is 2.53. The highest BCUT2D eigenvalue weighted by Gasteiger charge is 2.05. The van der Waals surface area contributed by atoms with E-state index in [0.717, 1.165) is 16.9 Å². The Morgan fingerprint density at radius 2 is 2.32 bits per heavy atom. The predicted molar refractivity (Wildman–Crippen MR) is 73.3 cm³/mol. The van der Waals surface area contributed by atoms with Crippen LogP contribution in [0.2, 0.25) is 5.02 Å². The second-order valence-corrected chi connectivity index (χ2v) is 4.28. The van der Waals surface area contributed by atoms with E-state index < -0.39 is 0 Å². The Bertz CT molecular complexity index is 626. The lowest BCUT2D eigenvalue weighted by Gasteiger charge is -2.09. The van der Waals surface area contributed by atoms with Crippen LogP contribution in [-0.2, 0) is 6.54 Å². The first kappa shape index (κ1) is 13.5. The number of aromatic nitrogens is 2. The molecule has 98 valence electrons. The summed E-state index contributed by atoms with van der Waals surface area (Å²) in [5.41, 5.74) is 1.77. The molecule has 0 aliphatic heterocycles. The van der Waals surface area contributed by atoms with Crippen LogP contribution in [0.5, 0.6) is 5.75 Å². The van der Waals surface area contributed by atoms with Crippen LogP contribution in [0.4, 0.5) is 0 Å². The highest BCUT2D eigenvalue weighted by atomic mass is 35.5. The molecule has 5 heteroatoms.